The number of furan rings is 1. The van der Waals surface area contributed by atoms with Crippen LogP contribution in [0.2, 0.25) is 0 Å². The van der Waals surface area contributed by atoms with Crippen LogP contribution >= 0.6 is 0 Å². The number of nitrogens with zero attached hydrogens (tertiary/aromatic N) is 1. The van der Waals surface area contributed by atoms with Crippen molar-refractivity contribution in [3.05, 3.63) is 24.2 Å². The topological polar surface area (TPSA) is 34.7 Å². The molecule has 0 spiro atoms. The van der Waals surface area contributed by atoms with Crippen molar-refractivity contribution >= 4 is 5.71 Å². The van der Waals surface area contributed by atoms with Gasteiger partial charge in [0.2, 0.25) is 0 Å². The minimum Gasteiger partial charge on any atom is -0.463 e. The van der Waals surface area contributed by atoms with Gasteiger partial charge >= 0.3 is 0 Å². The summed E-state index contributed by atoms with van der Waals surface area (Å²) in [4.78, 5) is 4.85. The summed E-state index contributed by atoms with van der Waals surface area (Å²) in [6, 6.07) is 3.66. The van der Waals surface area contributed by atoms with Gasteiger partial charge in [0.1, 0.15) is 12.3 Å². The fraction of sp³-hybridized carbons (Fsp3) is 0.375. The van der Waals surface area contributed by atoms with Crippen molar-refractivity contribution in [3.63, 3.8) is 0 Å². The Morgan fingerprint density at radius 1 is 1.73 bits per heavy atom. The maximum Gasteiger partial charge on any atom is 0.151 e. The molecule has 0 fully saturated rings. The monoisotopic (exact) mass is 153 g/mol. The van der Waals surface area contributed by atoms with Crippen LogP contribution in [0.15, 0.2) is 28.0 Å². The normalized spacial score (nSPS) is 11.6. The average molecular weight is 153 g/mol. The standard InChI is InChI=1S/C8H11NO2/c1-3-11-9-7(2)8-5-4-6-10-8/h4-6H,3H2,1-2H3/b9-7+. The van der Waals surface area contributed by atoms with Crippen LogP contribution < -0.4 is 0 Å². The first-order chi connectivity index (χ1) is 5.34. The molecular weight excluding hydrogens is 142 g/mol. The molecule has 0 radical (unpaired) electrons. The molecule has 0 aliphatic carbocycles. The van der Waals surface area contributed by atoms with Crippen molar-refractivity contribution in [1.82, 2.24) is 0 Å². The van der Waals surface area contributed by atoms with E-state index < -0.39 is 0 Å². The molecule has 0 amide bonds. The van der Waals surface area contributed by atoms with E-state index in [-0.39, 0.29) is 0 Å². The van der Waals surface area contributed by atoms with E-state index in [1.807, 2.05) is 26.0 Å². The highest BCUT2D eigenvalue weighted by molar-refractivity contribution is 5.95. The molecule has 3 heteroatoms. The van der Waals surface area contributed by atoms with Gasteiger partial charge in [-0.2, -0.15) is 0 Å². The van der Waals surface area contributed by atoms with Gasteiger partial charge in [-0.05, 0) is 26.0 Å². The number of oxime groups is 1. The van der Waals surface area contributed by atoms with Gasteiger partial charge in [-0.1, -0.05) is 5.16 Å². The second kappa shape index (κ2) is 3.81. The van der Waals surface area contributed by atoms with Crippen LogP contribution in [0.25, 0.3) is 0 Å². The summed E-state index contributed by atoms with van der Waals surface area (Å²) in [6.07, 6.45) is 1.61. The van der Waals surface area contributed by atoms with Crippen molar-refractivity contribution in [2.45, 2.75) is 13.8 Å². The third-order valence-corrected chi connectivity index (χ3v) is 1.21. The summed E-state index contributed by atoms with van der Waals surface area (Å²) in [5.41, 5.74) is 0.761. The Labute approximate surface area is 65.6 Å². The van der Waals surface area contributed by atoms with E-state index in [2.05, 4.69) is 5.16 Å². The molecule has 1 aromatic rings. The summed E-state index contributed by atoms with van der Waals surface area (Å²) in [6.45, 7) is 4.31. The molecule has 11 heavy (non-hydrogen) atoms. The van der Waals surface area contributed by atoms with Gasteiger partial charge in [-0.15, -0.1) is 0 Å². The van der Waals surface area contributed by atoms with Crippen molar-refractivity contribution in [3.8, 4) is 0 Å². The number of rotatable bonds is 3. The minimum atomic E-state index is 0.581. The van der Waals surface area contributed by atoms with Crippen LogP contribution in [0.1, 0.15) is 19.6 Å². The van der Waals surface area contributed by atoms with Crippen molar-refractivity contribution in [1.29, 1.82) is 0 Å². The fourth-order valence-electron chi connectivity index (χ4n) is 0.691. The summed E-state index contributed by atoms with van der Waals surface area (Å²) < 4.78 is 5.08. The lowest BCUT2D eigenvalue weighted by molar-refractivity contribution is 0.158. The van der Waals surface area contributed by atoms with Gasteiger partial charge in [0.25, 0.3) is 0 Å². The smallest absolute Gasteiger partial charge is 0.151 e. The largest absolute Gasteiger partial charge is 0.463 e. The van der Waals surface area contributed by atoms with E-state index in [1.54, 1.807) is 6.26 Å². The SMILES string of the molecule is CCO/N=C(\C)c1ccco1. The Morgan fingerprint density at radius 2 is 2.55 bits per heavy atom. The zero-order valence-corrected chi connectivity index (χ0v) is 6.70. The Hall–Kier alpha value is -1.25. The lowest BCUT2D eigenvalue weighted by atomic mass is 10.3. The van der Waals surface area contributed by atoms with Crippen LogP contribution in [-0.4, -0.2) is 12.3 Å². The predicted octanol–water partition coefficient (Wildman–Crippen LogP) is 2.04. The van der Waals surface area contributed by atoms with Gasteiger partial charge in [0.05, 0.1) is 6.26 Å². The van der Waals surface area contributed by atoms with Gasteiger partial charge in [0.15, 0.2) is 5.76 Å². The van der Waals surface area contributed by atoms with E-state index >= 15 is 0 Å². The molecule has 0 unspecified atom stereocenters. The van der Waals surface area contributed by atoms with E-state index in [0.717, 1.165) is 11.5 Å². The highest BCUT2D eigenvalue weighted by Crippen LogP contribution is 2.01. The molecule has 0 saturated carbocycles. The molecule has 0 bridgehead atoms. The first-order valence-electron chi connectivity index (χ1n) is 3.55. The maximum absolute atomic E-state index is 5.08. The molecule has 0 aliphatic rings. The predicted molar refractivity (Wildman–Crippen MR) is 42.5 cm³/mol. The highest BCUT2D eigenvalue weighted by Gasteiger charge is 1.98. The van der Waals surface area contributed by atoms with Crippen molar-refractivity contribution in [2.75, 3.05) is 6.61 Å². The zero-order valence-electron chi connectivity index (χ0n) is 6.70. The Balaban J connectivity index is 2.62. The van der Waals surface area contributed by atoms with Gasteiger partial charge in [-0.25, -0.2) is 0 Å². The second-order valence-electron chi connectivity index (χ2n) is 2.07. The molecule has 60 valence electrons. The van der Waals surface area contributed by atoms with Crippen molar-refractivity contribution < 1.29 is 9.25 Å². The van der Waals surface area contributed by atoms with Crippen LogP contribution in [0, 0.1) is 0 Å². The first kappa shape index (κ1) is 7.85. The lowest BCUT2D eigenvalue weighted by Gasteiger charge is -1.94. The van der Waals surface area contributed by atoms with Crippen LogP contribution in [0.3, 0.4) is 0 Å². The first-order valence-corrected chi connectivity index (χ1v) is 3.55. The Morgan fingerprint density at radius 3 is 3.09 bits per heavy atom. The molecule has 0 N–H and O–H groups in total. The van der Waals surface area contributed by atoms with Crippen LogP contribution in [0.5, 0.6) is 0 Å². The minimum absolute atomic E-state index is 0.581. The molecule has 1 heterocycles. The third-order valence-electron chi connectivity index (χ3n) is 1.21. The Kier molecular flexibility index (Phi) is 2.72. The van der Waals surface area contributed by atoms with E-state index in [4.69, 9.17) is 9.25 Å². The van der Waals surface area contributed by atoms with Gasteiger partial charge in [-0.3, -0.25) is 0 Å². The Bertz CT molecular complexity index is 226. The summed E-state index contributed by atoms with van der Waals surface area (Å²) >= 11 is 0. The molecule has 3 nitrogen and oxygen atoms in total. The zero-order chi connectivity index (χ0) is 8.10. The quantitative estimate of drug-likeness (QED) is 0.492. The molecule has 1 rings (SSSR count). The number of hydrogen-bond donors (Lipinski definition) is 0. The number of hydrogen-bond acceptors (Lipinski definition) is 3. The second-order valence-corrected chi connectivity index (χ2v) is 2.07. The molecule has 0 aromatic carbocycles. The van der Waals surface area contributed by atoms with Gasteiger partial charge in [0, 0.05) is 0 Å². The third kappa shape index (κ3) is 2.11. The van der Waals surface area contributed by atoms with Gasteiger partial charge < -0.3 is 9.25 Å². The van der Waals surface area contributed by atoms with E-state index in [0.29, 0.717) is 6.61 Å². The van der Waals surface area contributed by atoms with Crippen LogP contribution in [-0.2, 0) is 4.84 Å². The van der Waals surface area contributed by atoms with E-state index in [1.165, 1.54) is 0 Å². The lowest BCUT2D eigenvalue weighted by Crippen LogP contribution is -1.93. The molecule has 1 aromatic heterocycles. The van der Waals surface area contributed by atoms with Crippen molar-refractivity contribution in [2.24, 2.45) is 5.16 Å². The fourth-order valence-corrected chi connectivity index (χ4v) is 0.691. The molecular formula is C8H11NO2. The summed E-state index contributed by atoms with van der Waals surface area (Å²) in [5.74, 6) is 0.749. The van der Waals surface area contributed by atoms with Crippen LogP contribution in [0.4, 0.5) is 0 Å². The summed E-state index contributed by atoms with van der Waals surface area (Å²) in [5, 5.41) is 3.81. The maximum atomic E-state index is 5.08. The van der Waals surface area contributed by atoms with E-state index in [9.17, 15) is 0 Å². The average Bonchev–Trinajstić information content (AvgIpc) is 2.52. The molecule has 0 saturated heterocycles. The molecule has 0 atom stereocenters. The molecule has 0 aliphatic heterocycles. The highest BCUT2D eigenvalue weighted by atomic mass is 16.6. The summed E-state index contributed by atoms with van der Waals surface area (Å²) in [7, 11) is 0.